The van der Waals surface area contributed by atoms with Crippen LogP contribution >= 0.6 is 12.6 Å². The normalized spacial score (nSPS) is 17.4. The fourth-order valence-electron chi connectivity index (χ4n) is 2.93. The molecule has 17 heavy (non-hydrogen) atoms. The van der Waals surface area contributed by atoms with Crippen molar-refractivity contribution in [1.29, 1.82) is 0 Å². The van der Waals surface area contributed by atoms with E-state index in [2.05, 4.69) is 18.7 Å². The average Bonchev–Trinajstić information content (AvgIpc) is 2.30. The van der Waals surface area contributed by atoms with Gasteiger partial charge in [0.05, 0.1) is 0 Å². The van der Waals surface area contributed by atoms with Crippen molar-refractivity contribution in [3.63, 3.8) is 0 Å². The Kier molecular flexibility index (Phi) is 3.97. The number of rotatable bonds is 2. The maximum atomic E-state index is 12.5. The number of thiol groups is 1. The summed E-state index contributed by atoms with van der Waals surface area (Å²) in [5.74, 6) is 0.539. The molecule has 0 N–H and O–H groups in total. The Morgan fingerprint density at radius 1 is 1.29 bits per heavy atom. The summed E-state index contributed by atoms with van der Waals surface area (Å²) < 4.78 is 2.01. The van der Waals surface area contributed by atoms with Crippen LogP contribution in [0.5, 0.6) is 0 Å². The minimum Gasteiger partial charge on any atom is -0.310 e. The average molecular weight is 251 g/mol. The molecule has 3 heteroatoms. The standard InChI is InChI=1S/C14H21NOS/c1-10-8-11(2)15(14(16)13(10)9-17)12-6-4-3-5-7-12/h8,12,17H,3-7,9H2,1-2H3. The Labute approximate surface area is 108 Å². The fraction of sp³-hybridized carbons (Fsp3) is 0.643. The number of aryl methyl sites for hydroxylation is 2. The van der Waals surface area contributed by atoms with Gasteiger partial charge in [-0.2, -0.15) is 12.6 Å². The molecule has 0 aliphatic heterocycles. The van der Waals surface area contributed by atoms with Crippen LogP contribution in [-0.2, 0) is 5.75 Å². The molecular formula is C14H21NOS. The second-order valence-corrected chi connectivity index (χ2v) is 5.39. The SMILES string of the molecule is Cc1cc(C)n(C2CCCCC2)c(=O)c1CS. The zero-order valence-corrected chi connectivity index (χ0v) is 11.6. The summed E-state index contributed by atoms with van der Waals surface area (Å²) in [6.07, 6.45) is 6.11. The second kappa shape index (κ2) is 5.30. The first-order valence-electron chi connectivity index (χ1n) is 6.47. The molecule has 94 valence electrons. The first kappa shape index (κ1) is 12.7. The first-order valence-corrected chi connectivity index (χ1v) is 7.11. The number of hydrogen-bond acceptors (Lipinski definition) is 2. The molecule has 1 saturated carbocycles. The van der Waals surface area contributed by atoms with Crippen molar-refractivity contribution in [3.05, 3.63) is 33.2 Å². The molecule has 1 heterocycles. The maximum absolute atomic E-state index is 12.5. The third-order valence-corrected chi connectivity index (χ3v) is 4.17. The van der Waals surface area contributed by atoms with Crippen LogP contribution in [0.4, 0.5) is 0 Å². The summed E-state index contributed by atoms with van der Waals surface area (Å²) in [5.41, 5.74) is 3.23. The predicted octanol–water partition coefficient (Wildman–Crippen LogP) is 3.40. The minimum absolute atomic E-state index is 0.185. The van der Waals surface area contributed by atoms with Gasteiger partial charge in [-0.15, -0.1) is 0 Å². The van der Waals surface area contributed by atoms with E-state index in [1.807, 2.05) is 18.4 Å². The van der Waals surface area contributed by atoms with E-state index in [1.54, 1.807) is 0 Å². The molecule has 1 fully saturated rings. The Balaban J connectivity index is 2.48. The highest BCUT2D eigenvalue weighted by Gasteiger charge is 2.19. The number of pyridine rings is 1. The summed E-state index contributed by atoms with van der Waals surface area (Å²) in [6, 6.07) is 2.54. The van der Waals surface area contributed by atoms with Gasteiger partial charge < -0.3 is 4.57 Å². The third-order valence-electron chi connectivity index (χ3n) is 3.86. The highest BCUT2D eigenvalue weighted by atomic mass is 32.1. The highest BCUT2D eigenvalue weighted by Crippen LogP contribution is 2.28. The quantitative estimate of drug-likeness (QED) is 0.800. The lowest BCUT2D eigenvalue weighted by Gasteiger charge is -2.26. The predicted molar refractivity (Wildman–Crippen MR) is 75.0 cm³/mol. The van der Waals surface area contributed by atoms with Crippen molar-refractivity contribution in [3.8, 4) is 0 Å². The molecule has 0 amide bonds. The van der Waals surface area contributed by atoms with Crippen LogP contribution in [0.15, 0.2) is 10.9 Å². The number of nitrogens with zero attached hydrogens (tertiary/aromatic N) is 1. The topological polar surface area (TPSA) is 22.0 Å². The molecule has 0 saturated heterocycles. The van der Waals surface area contributed by atoms with Gasteiger partial charge >= 0.3 is 0 Å². The summed E-state index contributed by atoms with van der Waals surface area (Å²) in [7, 11) is 0. The van der Waals surface area contributed by atoms with Gasteiger partial charge in [-0.05, 0) is 38.3 Å². The van der Waals surface area contributed by atoms with Crippen molar-refractivity contribution in [2.75, 3.05) is 0 Å². The smallest absolute Gasteiger partial charge is 0.255 e. The van der Waals surface area contributed by atoms with Crippen LogP contribution < -0.4 is 5.56 Å². The van der Waals surface area contributed by atoms with E-state index in [9.17, 15) is 4.79 Å². The van der Waals surface area contributed by atoms with E-state index >= 15 is 0 Å². The second-order valence-electron chi connectivity index (χ2n) is 5.07. The third kappa shape index (κ3) is 2.44. The molecule has 0 atom stereocenters. The van der Waals surface area contributed by atoms with Gasteiger partial charge in [0, 0.05) is 23.1 Å². The zero-order chi connectivity index (χ0) is 12.4. The molecule has 0 bridgehead atoms. The van der Waals surface area contributed by atoms with Gasteiger partial charge in [-0.3, -0.25) is 4.79 Å². The van der Waals surface area contributed by atoms with E-state index in [0.29, 0.717) is 11.8 Å². The first-order chi connectivity index (χ1) is 8.15. The summed E-state index contributed by atoms with van der Waals surface area (Å²) >= 11 is 4.28. The monoisotopic (exact) mass is 251 g/mol. The van der Waals surface area contributed by atoms with Gasteiger partial charge in [0.1, 0.15) is 0 Å². The molecule has 1 aromatic rings. The fourth-order valence-corrected chi connectivity index (χ4v) is 3.31. The summed E-state index contributed by atoms with van der Waals surface area (Å²) in [6.45, 7) is 4.05. The lowest BCUT2D eigenvalue weighted by molar-refractivity contribution is 0.340. The molecule has 1 aliphatic carbocycles. The van der Waals surface area contributed by atoms with Crippen molar-refractivity contribution >= 4 is 12.6 Å². The maximum Gasteiger partial charge on any atom is 0.255 e. The molecule has 0 spiro atoms. The molecule has 2 rings (SSSR count). The number of hydrogen-bond donors (Lipinski definition) is 1. The van der Waals surface area contributed by atoms with Gasteiger partial charge in [0.25, 0.3) is 5.56 Å². The Hall–Kier alpha value is -0.700. The van der Waals surface area contributed by atoms with Gasteiger partial charge in [0.2, 0.25) is 0 Å². The van der Waals surface area contributed by atoms with Gasteiger partial charge in [-0.25, -0.2) is 0 Å². The van der Waals surface area contributed by atoms with Crippen molar-refractivity contribution < 1.29 is 0 Å². The minimum atomic E-state index is 0.185. The van der Waals surface area contributed by atoms with E-state index in [0.717, 1.165) is 29.7 Å². The van der Waals surface area contributed by atoms with Crippen LogP contribution in [0.25, 0.3) is 0 Å². The van der Waals surface area contributed by atoms with Crippen LogP contribution in [0.3, 0.4) is 0 Å². The van der Waals surface area contributed by atoms with Crippen molar-refractivity contribution in [2.24, 2.45) is 0 Å². The Morgan fingerprint density at radius 2 is 1.94 bits per heavy atom. The lowest BCUT2D eigenvalue weighted by atomic mass is 9.94. The van der Waals surface area contributed by atoms with E-state index in [1.165, 1.54) is 19.3 Å². The van der Waals surface area contributed by atoms with Crippen LogP contribution in [0, 0.1) is 13.8 Å². The molecule has 2 nitrogen and oxygen atoms in total. The van der Waals surface area contributed by atoms with Crippen molar-refractivity contribution in [2.45, 2.75) is 57.7 Å². The Bertz CT molecular complexity index is 458. The van der Waals surface area contributed by atoms with E-state index in [-0.39, 0.29) is 5.56 Å². The van der Waals surface area contributed by atoms with Gasteiger partial charge in [-0.1, -0.05) is 19.3 Å². The lowest BCUT2D eigenvalue weighted by Crippen LogP contribution is -2.31. The van der Waals surface area contributed by atoms with Crippen molar-refractivity contribution in [1.82, 2.24) is 4.57 Å². The summed E-state index contributed by atoms with van der Waals surface area (Å²) in [5, 5.41) is 0. The van der Waals surface area contributed by atoms with E-state index < -0.39 is 0 Å². The molecule has 1 aromatic heterocycles. The van der Waals surface area contributed by atoms with Crippen LogP contribution in [0.2, 0.25) is 0 Å². The molecule has 0 aromatic carbocycles. The largest absolute Gasteiger partial charge is 0.310 e. The molecule has 0 unspecified atom stereocenters. The van der Waals surface area contributed by atoms with Gasteiger partial charge in [0.15, 0.2) is 0 Å². The zero-order valence-electron chi connectivity index (χ0n) is 10.7. The van der Waals surface area contributed by atoms with E-state index in [4.69, 9.17) is 0 Å². The summed E-state index contributed by atoms with van der Waals surface area (Å²) in [4.78, 5) is 12.5. The Morgan fingerprint density at radius 3 is 2.53 bits per heavy atom. The molecule has 1 aliphatic rings. The number of aromatic nitrogens is 1. The van der Waals surface area contributed by atoms with Crippen LogP contribution in [-0.4, -0.2) is 4.57 Å². The molecule has 0 radical (unpaired) electrons. The highest BCUT2D eigenvalue weighted by molar-refractivity contribution is 7.79. The molecular weight excluding hydrogens is 230 g/mol. The van der Waals surface area contributed by atoms with Crippen LogP contribution in [0.1, 0.15) is 55.0 Å².